The first-order chi connectivity index (χ1) is 13.0. The van der Waals surface area contributed by atoms with Gasteiger partial charge in [-0.05, 0) is 31.0 Å². The van der Waals surface area contributed by atoms with Crippen molar-refractivity contribution in [2.45, 2.75) is 37.8 Å². The largest absolute Gasteiger partial charge is 0.443 e. The zero-order valence-electron chi connectivity index (χ0n) is 14.2. The van der Waals surface area contributed by atoms with E-state index in [1.54, 1.807) is 16.7 Å². The summed E-state index contributed by atoms with van der Waals surface area (Å²) in [6, 6.07) is 4.21. The molecule has 0 atom stereocenters. The van der Waals surface area contributed by atoms with Crippen molar-refractivity contribution in [1.29, 1.82) is 0 Å². The lowest BCUT2D eigenvalue weighted by Crippen LogP contribution is -2.10. The number of nitrogens with zero attached hydrogens (tertiary/aromatic N) is 4. The van der Waals surface area contributed by atoms with Crippen molar-refractivity contribution in [2.24, 2.45) is 0 Å². The van der Waals surface area contributed by atoms with Gasteiger partial charge in [-0.25, -0.2) is 15.0 Å². The standard InChI is InChI=1S/C19H15F3N4O/c20-19(21,22)13-9-14(11-3-1-2-4-11)25-17-12(13)5-6-16-24-15(10-26(16)17)18-23-7-8-27-18/h5-11H,1-4H2. The average Bonchev–Trinajstić information content (AvgIpc) is 3.40. The zero-order valence-corrected chi connectivity index (χ0v) is 14.2. The molecular formula is C19H15F3N4O. The molecule has 8 heteroatoms. The summed E-state index contributed by atoms with van der Waals surface area (Å²) in [6.07, 6.45) is 3.88. The number of hydrogen-bond donors (Lipinski definition) is 0. The number of oxazole rings is 1. The predicted octanol–water partition coefficient (Wildman–Crippen LogP) is 5.21. The van der Waals surface area contributed by atoms with E-state index in [1.165, 1.54) is 24.6 Å². The van der Waals surface area contributed by atoms with Gasteiger partial charge in [0.25, 0.3) is 0 Å². The molecule has 0 saturated heterocycles. The maximum Gasteiger partial charge on any atom is 0.417 e. The van der Waals surface area contributed by atoms with Crippen molar-refractivity contribution in [3.63, 3.8) is 0 Å². The maximum atomic E-state index is 13.7. The normalized spacial score (nSPS) is 16.0. The molecule has 5 nitrogen and oxygen atoms in total. The summed E-state index contributed by atoms with van der Waals surface area (Å²) in [5, 5.41) is 0.0631. The van der Waals surface area contributed by atoms with Gasteiger partial charge in [0.1, 0.15) is 23.3 Å². The van der Waals surface area contributed by atoms with Gasteiger partial charge in [0.05, 0.1) is 11.8 Å². The van der Waals surface area contributed by atoms with E-state index in [9.17, 15) is 13.2 Å². The first kappa shape index (κ1) is 16.3. The number of aromatic nitrogens is 4. The van der Waals surface area contributed by atoms with Crippen LogP contribution in [0, 0.1) is 0 Å². The van der Waals surface area contributed by atoms with Crippen LogP contribution in [0.2, 0.25) is 0 Å². The highest BCUT2D eigenvalue weighted by atomic mass is 19.4. The van der Waals surface area contributed by atoms with Crippen LogP contribution in [0.4, 0.5) is 13.2 Å². The fourth-order valence-corrected chi connectivity index (χ4v) is 3.87. The Hall–Kier alpha value is -2.90. The summed E-state index contributed by atoms with van der Waals surface area (Å²) in [5.74, 6) is 0.385. The number of halogens is 3. The van der Waals surface area contributed by atoms with E-state index in [0.29, 0.717) is 22.9 Å². The van der Waals surface area contributed by atoms with Gasteiger partial charge < -0.3 is 4.42 Å². The lowest BCUT2D eigenvalue weighted by atomic mass is 10.00. The molecule has 1 fully saturated rings. The summed E-state index contributed by atoms with van der Waals surface area (Å²) in [5.41, 5.74) is 1.07. The van der Waals surface area contributed by atoms with Gasteiger partial charge in [-0.15, -0.1) is 0 Å². The SMILES string of the molecule is FC(F)(F)c1cc(C2CCCC2)nc2c1ccc1nc(-c3ncco3)cn12. The average molecular weight is 372 g/mol. The molecule has 5 rings (SSSR count). The molecule has 4 heterocycles. The third-order valence-corrected chi connectivity index (χ3v) is 5.15. The molecule has 1 aliphatic rings. The molecule has 0 radical (unpaired) electrons. The monoisotopic (exact) mass is 372 g/mol. The van der Waals surface area contributed by atoms with Crippen LogP contribution in [-0.2, 0) is 6.18 Å². The van der Waals surface area contributed by atoms with Crippen LogP contribution >= 0.6 is 0 Å². The molecule has 0 bridgehead atoms. The number of alkyl halides is 3. The van der Waals surface area contributed by atoms with Gasteiger partial charge in [-0.2, -0.15) is 13.2 Å². The number of pyridine rings is 2. The minimum atomic E-state index is -4.45. The van der Waals surface area contributed by atoms with Crippen molar-refractivity contribution < 1.29 is 17.6 Å². The quantitative estimate of drug-likeness (QED) is 0.484. The molecule has 0 aromatic carbocycles. The molecule has 1 aliphatic carbocycles. The van der Waals surface area contributed by atoms with Gasteiger partial charge in [0.2, 0.25) is 5.89 Å². The lowest BCUT2D eigenvalue weighted by Gasteiger charge is -2.16. The highest BCUT2D eigenvalue weighted by molar-refractivity contribution is 5.83. The van der Waals surface area contributed by atoms with Crippen LogP contribution in [-0.4, -0.2) is 19.4 Å². The summed E-state index contributed by atoms with van der Waals surface area (Å²) in [7, 11) is 0. The zero-order chi connectivity index (χ0) is 18.6. The van der Waals surface area contributed by atoms with Crippen LogP contribution in [0.1, 0.15) is 42.9 Å². The topological polar surface area (TPSA) is 56.2 Å². The molecule has 0 aliphatic heterocycles. The van der Waals surface area contributed by atoms with E-state index in [-0.39, 0.29) is 17.0 Å². The van der Waals surface area contributed by atoms with Crippen LogP contribution in [0.5, 0.6) is 0 Å². The molecule has 0 spiro atoms. The molecule has 138 valence electrons. The Bertz CT molecular complexity index is 1130. The lowest BCUT2D eigenvalue weighted by molar-refractivity contribution is -0.136. The third-order valence-electron chi connectivity index (χ3n) is 5.15. The van der Waals surface area contributed by atoms with E-state index in [0.717, 1.165) is 25.7 Å². The summed E-state index contributed by atoms with van der Waals surface area (Å²) in [4.78, 5) is 13.1. The molecule has 0 N–H and O–H groups in total. The van der Waals surface area contributed by atoms with Gasteiger partial charge in [0, 0.05) is 23.2 Å². The first-order valence-corrected chi connectivity index (χ1v) is 8.80. The second kappa shape index (κ2) is 5.80. The minimum Gasteiger partial charge on any atom is -0.443 e. The van der Waals surface area contributed by atoms with Crippen LogP contribution < -0.4 is 0 Å². The van der Waals surface area contributed by atoms with Crippen molar-refractivity contribution in [3.8, 4) is 11.6 Å². The summed E-state index contributed by atoms with van der Waals surface area (Å²) >= 11 is 0. The van der Waals surface area contributed by atoms with E-state index >= 15 is 0 Å². The second-order valence-electron chi connectivity index (χ2n) is 6.84. The van der Waals surface area contributed by atoms with Crippen molar-refractivity contribution in [2.75, 3.05) is 0 Å². The Morgan fingerprint density at radius 3 is 2.63 bits per heavy atom. The van der Waals surface area contributed by atoms with E-state index in [4.69, 9.17) is 4.42 Å². The molecule has 0 amide bonds. The Balaban J connectivity index is 1.80. The van der Waals surface area contributed by atoms with Gasteiger partial charge in [-0.3, -0.25) is 4.40 Å². The number of rotatable bonds is 2. The summed E-state index contributed by atoms with van der Waals surface area (Å²) < 4.78 is 48.0. The van der Waals surface area contributed by atoms with Crippen molar-refractivity contribution >= 4 is 16.7 Å². The molecule has 1 saturated carbocycles. The predicted molar refractivity (Wildman–Crippen MR) is 92.2 cm³/mol. The number of hydrogen-bond acceptors (Lipinski definition) is 4. The second-order valence-corrected chi connectivity index (χ2v) is 6.84. The Kier molecular flexibility index (Phi) is 3.50. The van der Waals surface area contributed by atoms with Crippen LogP contribution in [0.25, 0.3) is 28.3 Å². The molecule has 27 heavy (non-hydrogen) atoms. The van der Waals surface area contributed by atoms with Crippen LogP contribution in [0.3, 0.4) is 0 Å². The molecular weight excluding hydrogens is 357 g/mol. The third kappa shape index (κ3) is 2.67. The Morgan fingerprint density at radius 2 is 1.93 bits per heavy atom. The van der Waals surface area contributed by atoms with E-state index in [1.807, 2.05) is 0 Å². The van der Waals surface area contributed by atoms with Crippen molar-refractivity contribution in [3.05, 3.63) is 48.1 Å². The highest BCUT2D eigenvalue weighted by Gasteiger charge is 2.35. The maximum absolute atomic E-state index is 13.7. The highest BCUT2D eigenvalue weighted by Crippen LogP contribution is 2.39. The van der Waals surface area contributed by atoms with Gasteiger partial charge >= 0.3 is 6.18 Å². The minimum absolute atomic E-state index is 0.0631. The molecule has 0 unspecified atom stereocenters. The molecule has 4 aromatic heterocycles. The van der Waals surface area contributed by atoms with E-state index < -0.39 is 11.7 Å². The fraction of sp³-hybridized carbons (Fsp3) is 0.316. The number of imidazole rings is 1. The van der Waals surface area contributed by atoms with Gasteiger partial charge in [-0.1, -0.05) is 12.8 Å². The Morgan fingerprint density at radius 1 is 1.11 bits per heavy atom. The first-order valence-electron chi connectivity index (χ1n) is 8.80. The summed E-state index contributed by atoms with van der Waals surface area (Å²) in [6.45, 7) is 0. The van der Waals surface area contributed by atoms with Crippen molar-refractivity contribution in [1.82, 2.24) is 19.4 Å². The molecule has 4 aromatic rings. The van der Waals surface area contributed by atoms with Crippen LogP contribution in [0.15, 0.2) is 41.3 Å². The Labute approximate surface area is 151 Å². The fourth-order valence-electron chi connectivity index (χ4n) is 3.87. The number of fused-ring (bicyclic) bond motifs is 3. The smallest absolute Gasteiger partial charge is 0.417 e. The van der Waals surface area contributed by atoms with E-state index in [2.05, 4.69) is 15.0 Å². The van der Waals surface area contributed by atoms with Gasteiger partial charge in [0.15, 0.2) is 0 Å².